The first-order chi connectivity index (χ1) is 7.84. The van der Waals surface area contributed by atoms with Gasteiger partial charge in [-0.05, 0) is 23.3 Å². The zero-order valence-electron chi connectivity index (χ0n) is 8.62. The number of hydrogen-bond donors (Lipinski definition) is 0. The molecule has 1 atom stereocenters. The van der Waals surface area contributed by atoms with Crippen LogP contribution in [0.15, 0.2) is 12.4 Å². The van der Waals surface area contributed by atoms with E-state index in [2.05, 4.69) is 41.3 Å². The third-order valence-electron chi connectivity index (χ3n) is 2.78. The minimum Gasteiger partial charge on any atom is -0.354 e. The summed E-state index contributed by atoms with van der Waals surface area (Å²) in [6, 6.07) is 0. The Balaban J connectivity index is 2.01. The van der Waals surface area contributed by atoms with Crippen LogP contribution in [-0.2, 0) is 0 Å². The monoisotopic (exact) mass is 282 g/mol. The summed E-state index contributed by atoms with van der Waals surface area (Å²) in [5, 5.41) is 11.5. The van der Waals surface area contributed by atoms with Crippen molar-refractivity contribution in [1.29, 1.82) is 0 Å². The van der Waals surface area contributed by atoms with Gasteiger partial charge in [-0.3, -0.25) is 4.98 Å². The fourth-order valence-electron chi connectivity index (χ4n) is 2.01. The number of anilines is 1. The molecule has 0 aliphatic carbocycles. The minimum atomic E-state index is 0.535. The van der Waals surface area contributed by atoms with Gasteiger partial charge in [0.25, 0.3) is 0 Å². The molecule has 1 aliphatic rings. The largest absolute Gasteiger partial charge is 0.354 e. The molecule has 0 aromatic carbocycles. The third kappa shape index (κ3) is 1.64. The normalized spacial score (nSPS) is 21.6. The lowest BCUT2D eigenvalue weighted by atomic mass is 10.1. The van der Waals surface area contributed by atoms with E-state index in [1.807, 2.05) is 6.20 Å². The fraction of sp³-hybridized carbons (Fsp3) is 0.556. The third-order valence-corrected chi connectivity index (χ3v) is 3.53. The van der Waals surface area contributed by atoms with E-state index < -0.39 is 0 Å². The van der Waals surface area contributed by atoms with E-state index in [1.54, 1.807) is 10.7 Å². The molecule has 0 saturated carbocycles. The van der Waals surface area contributed by atoms with Crippen LogP contribution in [0.2, 0.25) is 0 Å². The summed E-state index contributed by atoms with van der Waals surface area (Å²) >= 11 is 3.66. The molecule has 3 rings (SSSR count). The van der Waals surface area contributed by atoms with Gasteiger partial charge in [0.15, 0.2) is 11.5 Å². The van der Waals surface area contributed by atoms with E-state index in [4.69, 9.17) is 0 Å². The van der Waals surface area contributed by atoms with Gasteiger partial charge in [-0.1, -0.05) is 15.9 Å². The molecule has 2 aromatic rings. The Bertz CT molecular complexity index is 497. The molecule has 2 aromatic heterocycles. The van der Waals surface area contributed by atoms with Gasteiger partial charge in [0, 0.05) is 17.9 Å². The molecule has 1 unspecified atom stereocenters. The summed E-state index contributed by atoms with van der Waals surface area (Å²) in [4.78, 5) is 6.96. The van der Waals surface area contributed by atoms with Crippen LogP contribution < -0.4 is 4.90 Å². The van der Waals surface area contributed by atoms with Crippen LogP contribution in [0.25, 0.3) is 5.65 Å². The van der Waals surface area contributed by atoms with Crippen LogP contribution >= 0.6 is 15.9 Å². The summed E-state index contributed by atoms with van der Waals surface area (Å²) < 4.78 is 1.73. The molecule has 6 nitrogen and oxygen atoms in total. The minimum absolute atomic E-state index is 0.535. The van der Waals surface area contributed by atoms with Gasteiger partial charge in [-0.15, -0.1) is 5.10 Å². The predicted molar refractivity (Wildman–Crippen MR) is 62.7 cm³/mol. The number of alkyl halides is 1. The van der Waals surface area contributed by atoms with Crippen molar-refractivity contribution in [3.8, 4) is 0 Å². The van der Waals surface area contributed by atoms with E-state index in [-0.39, 0.29) is 0 Å². The maximum atomic E-state index is 4.16. The lowest BCUT2D eigenvalue weighted by Crippen LogP contribution is -2.37. The molecular formula is C9H11BrN6. The molecule has 84 valence electrons. The highest BCUT2D eigenvalue weighted by atomic mass is 79.9. The van der Waals surface area contributed by atoms with Gasteiger partial charge < -0.3 is 4.90 Å². The van der Waals surface area contributed by atoms with E-state index in [0.717, 1.165) is 18.9 Å². The summed E-state index contributed by atoms with van der Waals surface area (Å²) in [6.07, 6.45) is 5.87. The molecule has 3 heterocycles. The maximum Gasteiger partial charge on any atom is 0.199 e. The van der Waals surface area contributed by atoms with Crippen molar-refractivity contribution in [2.45, 2.75) is 17.7 Å². The van der Waals surface area contributed by atoms with Crippen molar-refractivity contribution in [2.24, 2.45) is 0 Å². The van der Waals surface area contributed by atoms with Crippen LogP contribution in [-0.4, -0.2) is 42.9 Å². The SMILES string of the molecule is BrC1CCCN(c2cncc3nnnn23)C1. The van der Waals surface area contributed by atoms with Crippen molar-refractivity contribution in [3.05, 3.63) is 12.4 Å². The van der Waals surface area contributed by atoms with Crippen LogP contribution in [0.5, 0.6) is 0 Å². The Morgan fingerprint density at radius 1 is 1.38 bits per heavy atom. The van der Waals surface area contributed by atoms with Gasteiger partial charge in [-0.2, -0.15) is 4.52 Å². The smallest absolute Gasteiger partial charge is 0.199 e. The molecule has 0 N–H and O–H groups in total. The molecular weight excluding hydrogens is 272 g/mol. The quantitative estimate of drug-likeness (QED) is 0.727. The standard InChI is InChI=1S/C9H11BrN6/c10-7-2-1-3-15(6-7)9-5-11-4-8-12-13-14-16(8)9/h4-5,7H,1-3,6H2. The number of halogens is 1. The molecule has 7 heteroatoms. The van der Waals surface area contributed by atoms with Crippen LogP contribution in [0.4, 0.5) is 5.82 Å². The highest BCUT2D eigenvalue weighted by Gasteiger charge is 2.20. The molecule has 1 fully saturated rings. The van der Waals surface area contributed by atoms with Gasteiger partial charge >= 0.3 is 0 Å². The van der Waals surface area contributed by atoms with E-state index >= 15 is 0 Å². The zero-order valence-corrected chi connectivity index (χ0v) is 10.2. The summed E-state index contributed by atoms with van der Waals surface area (Å²) in [7, 11) is 0. The predicted octanol–water partition coefficient (Wildman–Crippen LogP) is 0.883. The molecule has 0 amide bonds. The number of hydrogen-bond acceptors (Lipinski definition) is 5. The summed E-state index contributed by atoms with van der Waals surface area (Å²) in [6.45, 7) is 2.00. The van der Waals surface area contributed by atoms with Crippen molar-refractivity contribution < 1.29 is 0 Å². The first-order valence-corrected chi connectivity index (χ1v) is 6.17. The Labute approximate surface area is 101 Å². The first kappa shape index (κ1) is 9.95. The Morgan fingerprint density at radius 3 is 3.19 bits per heavy atom. The average molecular weight is 283 g/mol. The van der Waals surface area contributed by atoms with Crippen molar-refractivity contribution >= 4 is 27.4 Å². The molecule has 0 radical (unpaired) electrons. The van der Waals surface area contributed by atoms with E-state index in [9.17, 15) is 0 Å². The Kier molecular flexibility index (Phi) is 2.47. The lowest BCUT2D eigenvalue weighted by molar-refractivity contribution is 0.583. The van der Waals surface area contributed by atoms with Gasteiger partial charge in [0.1, 0.15) is 0 Å². The second-order valence-corrected chi connectivity index (χ2v) is 5.19. The number of rotatable bonds is 1. The second-order valence-electron chi connectivity index (χ2n) is 3.90. The number of aromatic nitrogens is 5. The average Bonchev–Trinajstić information content (AvgIpc) is 2.76. The topological polar surface area (TPSA) is 59.2 Å². The Morgan fingerprint density at radius 2 is 2.31 bits per heavy atom. The van der Waals surface area contributed by atoms with Crippen molar-refractivity contribution in [1.82, 2.24) is 25.0 Å². The van der Waals surface area contributed by atoms with Crippen molar-refractivity contribution in [3.63, 3.8) is 0 Å². The van der Waals surface area contributed by atoms with Crippen molar-refractivity contribution in [2.75, 3.05) is 18.0 Å². The van der Waals surface area contributed by atoms with Crippen LogP contribution in [0, 0.1) is 0 Å². The molecule has 0 spiro atoms. The van der Waals surface area contributed by atoms with Gasteiger partial charge in [-0.25, -0.2) is 0 Å². The van der Waals surface area contributed by atoms with E-state index in [0.29, 0.717) is 10.5 Å². The number of nitrogens with zero attached hydrogens (tertiary/aromatic N) is 6. The highest BCUT2D eigenvalue weighted by molar-refractivity contribution is 9.09. The molecule has 1 saturated heterocycles. The molecule has 1 aliphatic heterocycles. The number of piperidine rings is 1. The molecule has 0 bridgehead atoms. The maximum absolute atomic E-state index is 4.16. The van der Waals surface area contributed by atoms with Crippen LogP contribution in [0.1, 0.15) is 12.8 Å². The summed E-state index contributed by atoms with van der Waals surface area (Å²) in [5.74, 6) is 0.964. The number of tetrazole rings is 1. The molecule has 16 heavy (non-hydrogen) atoms. The lowest BCUT2D eigenvalue weighted by Gasteiger charge is -2.31. The Hall–Kier alpha value is -1.24. The van der Waals surface area contributed by atoms with Gasteiger partial charge in [0.2, 0.25) is 0 Å². The summed E-state index contributed by atoms with van der Waals surface area (Å²) in [5.41, 5.74) is 0.689. The zero-order chi connectivity index (χ0) is 11.0. The van der Waals surface area contributed by atoms with Crippen LogP contribution in [0.3, 0.4) is 0 Å². The van der Waals surface area contributed by atoms with Gasteiger partial charge in [0.05, 0.1) is 12.4 Å². The first-order valence-electron chi connectivity index (χ1n) is 5.26. The van der Waals surface area contributed by atoms with E-state index in [1.165, 1.54) is 12.8 Å². The number of fused-ring (bicyclic) bond motifs is 1. The second kappa shape index (κ2) is 3.97. The highest BCUT2D eigenvalue weighted by Crippen LogP contribution is 2.22. The fourth-order valence-corrected chi connectivity index (χ4v) is 2.69.